The van der Waals surface area contributed by atoms with Gasteiger partial charge in [0.25, 0.3) is 0 Å². The van der Waals surface area contributed by atoms with Gasteiger partial charge in [-0.1, -0.05) is 36.4 Å². The van der Waals surface area contributed by atoms with Gasteiger partial charge >= 0.3 is 0 Å². The number of methoxy groups -OCH3 is 2. The summed E-state index contributed by atoms with van der Waals surface area (Å²) in [5.41, 5.74) is 2.18. The zero-order valence-corrected chi connectivity index (χ0v) is 15.6. The predicted octanol–water partition coefficient (Wildman–Crippen LogP) is 3.68. The number of carbonyl (C=O) groups excluding carboxylic acids is 1. The molecule has 0 aliphatic rings. The average Bonchev–Trinajstić information content (AvgIpc) is 2.58. The molecule has 0 aromatic heterocycles. The van der Waals surface area contributed by atoms with E-state index in [0.717, 1.165) is 21.9 Å². The van der Waals surface area contributed by atoms with E-state index >= 15 is 0 Å². The summed E-state index contributed by atoms with van der Waals surface area (Å²) in [5.74, 6) is -0.0337. The Bertz CT molecular complexity index is 700. The van der Waals surface area contributed by atoms with Crippen LogP contribution in [-0.2, 0) is 14.3 Å². The van der Waals surface area contributed by atoms with Crippen molar-refractivity contribution in [3.63, 3.8) is 0 Å². The number of aryl methyl sites for hydroxylation is 1. The molecule has 0 fully saturated rings. The Hall–Kier alpha value is -1.56. The summed E-state index contributed by atoms with van der Waals surface area (Å²) in [7, 11) is 3.13. The number of amides is 1. The average molecular weight is 347 g/mol. The first-order valence-corrected chi connectivity index (χ1v) is 9.19. The molecule has 2 rings (SSSR count). The summed E-state index contributed by atoms with van der Waals surface area (Å²) < 4.78 is 10.5. The van der Waals surface area contributed by atoms with Gasteiger partial charge in [-0.05, 0) is 42.0 Å². The molecule has 24 heavy (non-hydrogen) atoms. The Kier molecular flexibility index (Phi) is 6.66. The summed E-state index contributed by atoms with van der Waals surface area (Å²) in [5, 5.41) is 4.99. The Labute approximate surface area is 147 Å². The predicted molar refractivity (Wildman–Crippen MR) is 100 cm³/mol. The molecule has 2 unspecified atom stereocenters. The molecule has 0 aliphatic heterocycles. The molecular weight excluding hydrogens is 322 g/mol. The highest BCUT2D eigenvalue weighted by atomic mass is 32.2. The monoisotopic (exact) mass is 347 g/mol. The highest BCUT2D eigenvalue weighted by Crippen LogP contribution is 2.35. The van der Waals surface area contributed by atoms with Crippen LogP contribution in [0.1, 0.15) is 23.3 Å². The second-order valence-electron chi connectivity index (χ2n) is 5.77. The third-order valence-electron chi connectivity index (χ3n) is 4.17. The van der Waals surface area contributed by atoms with Gasteiger partial charge < -0.3 is 14.8 Å². The normalized spacial score (nSPS) is 13.9. The first-order chi connectivity index (χ1) is 11.5. The number of hydrogen-bond donors (Lipinski definition) is 1. The van der Waals surface area contributed by atoms with Crippen LogP contribution in [-0.4, -0.2) is 38.7 Å². The summed E-state index contributed by atoms with van der Waals surface area (Å²) in [4.78, 5) is 12.9. The van der Waals surface area contributed by atoms with Crippen LogP contribution < -0.4 is 5.32 Å². The van der Waals surface area contributed by atoms with Crippen LogP contribution >= 0.6 is 11.8 Å². The van der Waals surface area contributed by atoms with Crippen molar-refractivity contribution in [2.75, 3.05) is 20.5 Å². The molecule has 0 aliphatic carbocycles. The number of ether oxygens (including phenoxy) is 2. The van der Waals surface area contributed by atoms with Crippen molar-refractivity contribution in [1.82, 2.24) is 5.32 Å². The number of carbonyl (C=O) groups is 1. The molecule has 0 bridgehead atoms. The molecule has 0 saturated heterocycles. The van der Waals surface area contributed by atoms with Gasteiger partial charge in [0.2, 0.25) is 5.91 Å². The fraction of sp³-hybridized carbons (Fsp3) is 0.421. The highest BCUT2D eigenvalue weighted by Gasteiger charge is 2.26. The van der Waals surface area contributed by atoms with E-state index in [1.807, 2.05) is 25.3 Å². The second kappa shape index (κ2) is 8.51. The van der Waals surface area contributed by atoms with Gasteiger partial charge in [0.15, 0.2) is 6.29 Å². The zero-order valence-electron chi connectivity index (χ0n) is 14.8. The molecule has 2 atom stereocenters. The fourth-order valence-corrected chi connectivity index (χ4v) is 3.81. The maximum atomic E-state index is 12.9. The van der Waals surface area contributed by atoms with Crippen molar-refractivity contribution < 1.29 is 14.3 Å². The van der Waals surface area contributed by atoms with Gasteiger partial charge in [0, 0.05) is 14.2 Å². The van der Waals surface area contributed by atoms with E-state index in [0.29, 0.717) is 0 Å². The Morgan fingerprint density at radius 3 is 2.42 bits per heavy atom. The quantitative estimate of drug-likeness (QED) is 0.776. The lowest BCUT2D eigenvalue weighted by Crippen LogP contribution is -2.44. The van der Waals surface area contributed by atoms with Crippen LogP contribution in [0.3, 0.4) is 0 Å². The lowest BCUT2D eigenvalue weighted by Gasteiger charge is -2.25. The van der Waals surface area contributed by atoms with Crippen LogP contribution in [0, 0.1) is 6.92 Å². The van der Waals surface area contributed by atoms with E-state index in [4.69, 9.17) is 9.47 Å². The molecule has 0 saturated carbocycles. The largest absolute Gasteiger partial charge is 0.354 e. The molecule has 5 heteroatoms. The minimum atomic E-state index is -0.468. The minimum absolute atomic E-state index is 0.0337. The van der Waals surface area contributed by atoms with Crippen LogP contribution in [0.4, 0.5) is 0 Å². The fourth-order valence-electron chi connectivity index (χ4n) is 2.98. The summed E-state index contributed by atoms with van der Waals surface area (Å²) >= 11 is 1.54. The molecule has 1 amide bonds. The second-order valence-corrected chi connectivity index (χ2v) is 6.71. The van der Waals surface area contributed by atoms with Crippen LogP contribution in [0.15, 0.2) is 36.4 Å². The molecule has 2 aromatic carbocycles. The Morgan fingerprint density at radius 2 is 1.79 bits per heavy atom. The zero-order chi connectivity index (χ0) is 17.7. The van der Waals surface area contributed by atoms with Gasteiger partial charge in [0.05, 0.1) is 6.04 Å². The van der Waals surface area contributed by atoms with Crippen molar-refractivity contribution >= 4 is 28.4 Å². The van der Waals surface area contributed by atoms with E-state index < -0.39 is 6.29 Å². The molecule has 2 aromatic rings. The molecule has 0 radical (unpaired) electrons. The van der Waals surface area contributed by atoms with Crippen LogP contribution in [0.2, 0.25) is 0 Å². The lowest BCUT2D eigenvalue weighted by molar-refractivity contribution is -0.135. The van der Waals surface area contributed by atoms with Gasteiger partial charge in [-0.2, -0.15) is 0 Å². The third kappa shape index (κ3) is 3.91. The molecule has 130 valence electrons. The van der Waals surface area contributed by atoms with Crippen molar-refractivity contribution in [3.05, 3.63) is 47.5 Å². The first-order valence-electron chi connectivity index (χ1n) is 7.90. The summed E-state index contributed by atoms with van der Waals surface area (Å²) in [6, 6.07) is 12.1. The maximum absolute atomic E-state index is 12.9. The van der Waals surface area contributed by atoms with Gasteiger partial charge in [0.1, 0.15) is 5.25 Å². The minimum Gasteiger partial charge on any atom is -0.354 e. The number of fused-ring (bicyclic) bond motifs is 1. The van der Waals surface area contributed by atoms with Gasteiger partial charge in [-0.3, -0.25) is 4.79 Å². The van der Waals surface area contributed by atoms with Crippen molar-refractivity contribution in [1.29, 1.82) is 0 Å². The molecular formula is C19H25NO3S. The van der Waals surface area contributed by atoms with Crippen molar-refractivity contribution in [2.45, 2.75) is 31.4 Å². The summed E-state index contributed by atoms with van der Waals surface area (Å²) in [6.45, 7) is 3.93. The number of hydrogen-bond acceptors (Lipinski definition) is 4. The first kappa shape index (κ1) is 18.8. The third-order valence-corrected chi connectivity index (χ3v) is 5.09. The molecule has 0 spiro atoms. The standard InChI is InChI=1S/C19H25NO3S/c1-12-10-11-14-8-6-7-9-15(14)16(12)17(24-5)18(21)20-13(2)19(22-3)23-4/h6-11,13,17,19H,1-5H3,(H,20,21). The van der Waals surface area contributed by atoms with Crippen molar-refractivity contribution in [3.8, 4) is 0 Å². The number of nitrogens with one attached hydrogen (secondary N) is 1. The molecule has 4 nitrogen and oxygen atoms in total. The Morgan fingerprint density at radius 1 is 1.12 bits per heavy atom. The lowest BCUT2D eigenvalue weighted by atomic mass is 9.96. The maximum Gasteiger partial charge on any atom is 0.238 e. The van der Waals surface area contributed by atoms with E-state index in [9.17, 15) is 4.79 Å². The van der Waals surface area contributed by atoms with Crippen molar-refractivity contribution in [2.24, 2.45) is 0 Å². The van der Waals surface area contributed by atoms with E-state index in [1.165, 1.54) is 11.8 Å². The van der Waals surface area contributed by atoms with E-state index in [-0.39, 0.29) is 17.2 Å². The SMILES string of the molecule is COC(OC)C(C)NC(=O)C(SC)c1c(C)ccc2ccccc12. The smallest absolute Gasteiger partial charge is 0.238 e. The summed E-state index contributed by atoms with van der Waals surface area (Å²) in [6.07, 6.45) is 1.49. The molecule has 1 N–H and O–H groups in total. The number of thioether (sulfide) groups is 1. The number of rotatable bonds is 7. The molecule has 0 heterocycles. The van der Waals surface area contributed by atoms with Gasteiger partial charge in [-0.15, -0.1) is 11.8 Å². The van der Waals surface area contributed by atoms with E-state index in [1.54, 1.807) is 14.2 Å². The van der Waals surface area contributed by atoms with Gasteiger partial charge in [-0.25, -0.2) is 0 Å². The highest BCUT2D eigenvalue weighted by molar-refractivity contribution is 7.99. The Balaban J connectivity index is 2.35. The number of benzene rings is 2. The van der Waals surface area contributed by atoms with Crippen LogP contribution in [0.5, 0.6) is 0 Å². The topological polar surface area (TPSA) is 47.6 Å². The van der Waals surface area contributed by atoms with E-state index in [2.05, 4.69) is 36.5 Å². The van der Waals surface area contributed by atoms with Crippen LogP contribution in [0.25, 0.3) is 10.8 Å².